The van der Waals surface area contributed by atoms with E-state index in [1.807, 2.05) is 0 Å². The van der Waals surface area contributed by atoms with Crippen LogP contribution in [0, 0.1) is 11.5 Å². The monoisotopic (exact) mass is 104 g/mol. The molecule has 0 fully saturated rings. The summed E-state index contributed by atoms with van der Waals surface area (Å²) >= 11 is 0. The van der Waals surface area contributed by atoms with Gasteiger partial charge in [-0.2, -0.15) is 0 Å². The molecular weight excluding hydrogens is 104 g/mol. The molecule has 0 rings (SSSR count). The Morgan fingerprint density at radius 2 is 1.75 bits per heavy atom. The molecule has 0 amide bonds. The van der Waals surface area contributed by atoms with Gasteiger partial charge >= 0.3 is 17.1 Å². The molecular formula is CHCuN2. The zero-order valence-electron chi connectivity index (χ0n) is 1.75. The van der Waals surface area contributed by atoms with E-state index in [1.165, 1.54) is 0 Å². The standard InChI is InChI=1S/CHN2.Cu/c2-1-3;/h2H;/q-1;+1. The first-order valence-electron chi connectivity index (χ1n) is 0.474. The average molecular weight is 105 g/mol. The topological polar surface area (TPSA) is 47.6 Å². The fourth-order valence-corrected chi connectivity index (χ4v) is 0. The van der Waals surface area contributed by atoms with Gasteiger partial charge in [0.2, 0.25) is 0 Å². The maximum absolute atomic E-state index is 6.99. The Kier molecular flexibility index (Phi) is 32.2. The number of nitrogens with zero attached hydrogens (tertiary/aromatic N) is 1. The van der Waals surface area contributed by atoms with Crippen LogP contribution in [0.15, 0.2) is 0 Å². The van der Waals surface area contributed by atoms with Gasteiger partial charge in [0.05, 0.1) is 0 Å². The van der Waals surface area contributed by atoms with Gasteiger partial charge in [-0.1, -0.05) is 6.19 Å². The van der Waals surface area contributed by atoms with Crippen molar-refractivity contribution in [3.05, 3.63) is 5.73 Å². The number of hydrogen-bond acceptors (Lipinski definition) is 1. The summed E-state index contributed by atoms with van der Waals surface area (Å²) in [6.07, 6.45) is 1.00. The van der Waals surface area contributed by atoms with E-state index < -0.39 is 0 Å². The first-order chi connectivity index (χ1) is 1.41. The minimum absolute atomic E-state index is 0. The second-order valence-electron chi connectivity index (χ2n) is 0.112. The van der Waals surface area contributed by atoms with E-state index in [1.54, 1.807) is 0 Å². The fourth-order valence-electron chi connectivity index (χ4n) is 0. The molecule has 0 atom stereocenters. The molecule has 0 aliphatic heterocycles. The summed E-state index contributed by atoms with van der Waals surface area (Å²) in [5.74, 6) is 0. The molecule has 0 heterocycles. The molecule has 0 aliphatic rings. The van der Waals surface area contributed by atoms with Gasteiger partial charge in [-0.25, -0.2) is 0 Å². The average Bonchev–Trinajstić information content (AvgIpc) is 0.918. The summed E-state index contributed by atoms with van der Waals surface area (Å²) in [7, 11) is 0. The van der Waals surface area contributed by atoms with Crippen LogP contribution in [0.4, 0.5) is 0 Å². The normalized spacial score (nSPS) is 1.75. The smallest absolute Gasteiger partial charge is 0.494 e. The summed E-state index contributed by atoms with van der Waals surface area (Å²) in [5.41, 5.74) is 5.51. The first-order valence-corrected chi connectivity index (χ1v) is 0.474. The Bertz CT molecular complexity index is 27.5. The molecule has 0 aromatic rings. The number of rotatable bonds is 0. The van der Waals surface area contributed by atoms with Crippen LogP contribution in [-0.2, 0) is 17.1 Å². The minimum atomic E-state index is 0. The van der Waals surface area contributed by atoms with Gasteiger partial charge in [0.1, 0.15) is 0 Å². The van der Waals surface area contributed by atoms with Gasteiger partial charge < -0.3 is 11.0 Å². The van der Waals surface area contributed by atoms with E-state index in [4.69, 9.17) is 11.0 Å². The molecule has 3 heteroatoms. The zero-order valence-corrected chi connectivity index (χ0v) is 2.69. The van der Waals surface area contributed by atoms with Crippen LogP contribution in [0.1, 0.15) is 0 Å². The van der Waals surface area contributed by atoms with Crippen LogP contribution in [0.25, 0.3) is 5.73 Å². The zero-order chi connectivity index (χ0) is 2.71. The quantitative estimate of drug-likeness (QED) is 0.326. The van der Waals surface area contributed by atoms with Crippen molar-refractivity contribution in [2.75, 3.05) is 0 Å². The molecule has 0 spiro atoms. The van der Waals surface area contributed by atoms with E-state index in [-0.39, 0.29) is 17.1 Å². The minimum Gasteiger partial charge on any atom is -0.494 e. The SMILES string of the molecule is N#C[NH-].[Cu+]. The molecule has 26 valence electrons. The van der Waals surface area contributed by atoms with Gasteiger partial charge in [0, 0.05) is 0 Å². The van der Waals surface area contributed by atoms with E-state index in [0.29, 0.717) is 0 Å². The van der Waals surface area contributed by atoms with E-state index in [2.05, 4.69) is 0 Å². The molecule has 0 saturated carbocycles. The Morgan fingerprint density at radius 3 is 1.75 bits per heavy atom. The van der Waals surface area contributed by atoms with Crippen molar-refractivity contribution in [1.82, 2.24) is 0 Å². The second kappa shape index (κ2) is 14.0. The Labute approximate surface area is 35.1 Å². The maximum atomic E-state index is 6.99. The number of hydrogen-bond donors (Lipinski definition) is 0. The predicted octanol–water partition coefficient (Wildman–Crippen LogP) is 0.517. The molecule has 0 bridgehead atoms. The number of nitrogens with one attached hydrogen (secondary N) is 1. The van der Waals surface area contributed by atoms with Crippen molar-refractivity contribution in [3.8, 4) is 6.19 Å². The Hall–Kier alpha value is -0.191. The second-order valence-corrected chi connectivity index (χ2v) is 0.112. The maximum Gasteiger partial charge on any atom is 1.00 e. The molecule has 0 radical (unpaired) electrons. The molecule has 0 unspecified atom stereocenters. The number of nitriles is 1. The molecule has 2 nitrogen and oxygen atoms in total. The molecule has 0 aromatic carbocycles. The van der Waals surface area contributed by atoms with Crippen LogP contribution in [0.2, 0.25) is 0 Å². The van der Waals surface area contributed by atoms with Crippen molar-refractivity contribution in [2.24, 2.45) is 0 Å². The van der Waals surface area contributed by atoms with Crippen molar-refractivity contribution >= 4 is 0 Å². The Morgan fingerprint density at radius 1 is 1.75 bits per heavy atom. The van der Waals surface area contributed by atoms with Crippen LogP contribution < -0.4 is 0 Å². The molecule has 0 aromatic heterocycles. The third-order valence-electron chi connectivity index (χ3n) is 0. The summed E-state index contributed by atoms with van der Waals surface area (Å²) in [4.78, 5) is 0. The molecule has 0 saturated heterocycles. The van der Waals surface area contributed by atoms with Crippen LogP contribution in [0.5, 0.6) is 0 Å². The van der Waals surface area contributed by atoms with Crippen molar-refractivity contribution < 1.29 is 17.1 Å². The van der Waals surface area contributed by atoms with Crippen molar-refractivity contribution in [3.63, 3.8) is 0 Å². The summed E-state index contributed by atoms with van der Waals surface area (Å²) in [6.45, 7) is 0. The predicted molar refractivity (Wildman–Crippen MR) is 9.93 cm³/mol. The van der Waals surface area contributed by atoms with Gasteiger partial charge in [0.15, 0.2) is 0 Å². The van der Waals surface area contributed by atoms with Crippen LogP contribution >= 0.6 is 0 Å². The first kappa shape index (κ1) is 9.18. The van der Waals surface area contributed by atoms with Gasteiger partial charge in [-0.05, 0) is 0 Å². The Balaban J connectivity index is 0. The molecule has 0 aliphatic carbocycles. The van der Waals surface area contributed by atoms with Crippen LogP contribution in [-0.4, -0.2) is 0 Å². The summed E-state index contributed by atoms with van der Waals surface area (Å²) < 4.78 is 0. The van der Waals surface area contributed by atoms with E-state index in [0.717, 1.165) is 6.19 Å². The third-order valence-corrected chi connectivity index (χ3v) is 0. The largest absolute Gasteiger partial charge is 1.00 e. The van der Waals surface area contributed by atoms with Crippen LogP contribution in [0.3, 0.4) is 0 Å². The van der Waals surface area contributed by atoms with E-state index >= 15 is 0 Å². The summed E-state index contributed by atoms with van der Waals surface area (Å²) in [6, 6.07) is 0. The van der Waals surface area contributed by atoms with Gasteiger partial charge in [-0.3, -0.25) is 0 Å². The molecule has 4 heavy (non-hydrogen) atoms. The van der Waals surface area contributed by atoms with Crippen molar-refractivity contribution in [2.45, 2.75) is 0 Å². The molecule has 1 N–H and O–H groups in total. The summed E-state index contributed by atoms with van der Waals surface area (Å²) in [5, 5.41) is 6.99. The third kappa shape index (κ3) is 32.7. The van der Waals surface area contributed by atoms with Gasteiger partial charge in [0.25, 0.3) is 0 Å². The van der Waals surface area contributed by atoms with Crippen molar-refractivity contribution in [1.29, 1.82) is 5.26 Å². The van der Waals surface area contributed by atoms with Gasteiger partial charge in [-0.15, -0.1) is 0 Å². The van der Waals surface area contributed by atoms with E-state index in [9.17, 15) is 0 Å². The fraction of sp³-hybridized carbons (Fsp3) is 0.